The van der Waals surface area contributed by atoms with Crippen LogP contribution in [0.25, 0.3) is 0 Å². The Morgan fingerprint density at radius 3 is 2.65 bits per heavy atom. The Bertz CT molecular complexity index is 797. The highest BCUT2D eigenvalue weighted by molar-refractivity contribution is 5.68. The lowest BCUT2D eigenvalue weighted by Gasteiger charge is -2.39. The first-order valence-electron chi connectivity index (χ1n) is 9.15. The molecule has 2 aromatic rings. The van der Waals surface area contributed by atoms with Gasteiger partial charge in [0.1, 0.15) is 5.75 Å². The van der Waals surface area contributed by atoms with Crippen molar-refractivity contribution in [2.24, 2.45) is 0 Å². The summed E-state index contributed by atoms with van der Waals surface area (Å²) in [5.74, 6) is -0.282. The monoisotopic (exact) mass is 352 g/mol. The molecule has 2 heterocycles. The van der Waals surface area contributed by atoms with Crippen molar-refractivity contribution in [1.82, 2.24) is 4.90 Å². The summed E-state index contributed by atoms with van der Waals surface area (Å²) in [6, 6.07) is 16.4. The SMILES string of the molecule is O=C(O)COc1ccccc1CN1CCC2(CC1)CNc1ccccc12. The van der Waals surface area contributed by atoms with Gasteiger partial charge in [-0.15, -0.1) is 0 Å². The van der Waals surface area contributed by atoms with Gasteiger partial charge >= 0.3 is 5.97 Å². The number of para-hydroxylation sites is 2. The fourth-order valence-electron chi connectivity index (χ4n) is 4.20. The molecule has 0 unspecified atom stereocenters. The Hall–Kier alpha value is -2.53. The summed E-state index contributed by atoms with van der Waals surface area (Å²) >= 11 is 0. The zero-order valence-electron chi connectivity index (χ0n) is 14.8. The summed E-state index contributed by atoms with van der Waals surface area (Å²) in [4.78, 5) is 13.2. The zero-order valence-corrected chi connectivity index (χ0v) is 14.8. The van der Waals surface area contributed by atoms with E-state index in [9.17, 15) is 4.79 Å². The molecule has 2 aromatic carbocycles. The Morgan fingerprint density at radius 1 is 1.12 bits per heavy atom. The molecular weight excluding hydrogens is 328 g/mol. The quantitative estimate of drug-likeness (QED) is 0.866. The average Bonchev–Trinajstić information content (AvgIpc) is 3.02. The Labute approximate surface area is 153 Å². The molecule has 0 radical (unpaired) electrons. The highest BCUT2D eigenvalue weighted by Crippen LogP contribution is 2.44. The second-order valence-electron chi connectivity index (χ2n) is 7.25. The fraction of sp³-hybridized carbons (Fsp3) is 0.381. The predicted molar refractivity (Wildman–Crippen MR) is 101 cm³/mol. The molecular formula is C21H24N2O3. The first-order chi connectivity index (χ1) is 12.7. The van der Waals surface area contributed by atoms with Crippen molar-refractivity contribution in [2.45, 2.75) is 24.8 Å². The molecule has 1 spiro atoms. The molecule has 0 atom stereocenters. The second-order valence-corrected chi connectivity index (χ2v) is 7.25. The van der Waals surface area contributed by atoms with Gasteiger partial charge in [-0.3, -0.25) is 4.90 Å². The van der Waals surface area contributed by atoms with Gasteiger partial charge in [-0.2, -0.15) is 0 Å². The molecule has 0 aromatic heterocycles. The zero-order chi connectivity index (χ0) is 18.0. The van der Waals surface area contributed by atoms with E-state index in [0.717, 1.165) is 44.6 Å². The highest BCUT2D eigenvalue weighted by Gasteiger charge is 2.41. The number of aliphatic carboxylic acids is 1. The minimum Gasteiger partial charge on any atom is -0.482 e. The number of hydrogen-bond donors (Lipinski definition) is 2. The predicted octanol–water partition coefficient (Wildman–Crippen LogP) is 3.11. The Morgan fingerprint density at radius 2 is 1.85 bits per heavy atom. The van der Waals surface area contributed by atoms with Gasteiger partial charge < -0.3 is 15.2 Å². The molecule has 1 fully saturated rings. The summed E-state index contributed by atoms with van der Waals surface area (Å²) in [6.45, 7) is 3.58. The van der Waals surface area contributed by atoms with E-state index < -0.39 is 5.97 Å². The van der Waals surface area contributed by atoms with Gasteiger partial charge in [0.2, 0.25) is 0 Å². The van der Waals surface area contributed by atoms with E-state index in [1.54, 1.807) is 0 Å². The van der Waals surface area contributed by atoms with Gasteiger partial charge in [0, 0.05) is 29.8 Å². The third-order valence-corrected chi connectivity index (χ3v) is 5.65. The Balaban J connectivity index is 1.42. The van der Waals surface area contributed by atoms with E-state index in [1.807, 2.05) is 24.3 Å². The molecule has 136 valence electrons. The van der Waals surface area contributed by atoms with Crippen LogP contribution in [0.3, 0.4) is 0 Å². The number of hydrogen-bond acceptors (Lipinski definition) is 4. The molecule has 5 nitrogen and oxygen atoms in total. The molecule has 2 aliphatic heterocycles. The number of fused-ring (bicyclic) bond motifs is 2. The lowest BCUT2D eigenvalue weighted by Crippen LogP contribution is -2.43. The van der Waals surface area contributed by atoms with Crippen LogP contribution >= 0.6 is 0 Å². The van der Waals surface area contributed by atoms with E-state index in [4.69, 9.17) is 9.84 Å². The van der Waals surface area contributed by atoms with Crippen molar-refractivity contribution in [3.8, 4) is 5.75 Å². The van der Waals surface area contributed by atoms with Crippen molar-refractivity contribution < 1.29 is 14.6 Å². The van der Waals surface area contributed by atoms with Crippen LogP contribution in [0.15, 0.2) is 48.5 Å². The third-order valence-electron chi connectivity index (χ3n) is 5.65. The first-order valence-corrected chi connectivity index (χ1v) is 9.15. The van der Waals surface area contributed by atoms with Gasteiger partial charge in [0.25, 0.3) is 0 Å². The summed E-state index contributed by atoms with van der Waals surface area (Å²) in [5, 5.41) is 12.4. The maximum absolute atomic E-state index is 10.8. The van der Waals surface area contributed by atoms with E-state index in [-0.39, 0.29) is 12.0 Å². The van der Waals surface area contributed by atoms with Gasteiger partial charge in [-0.1, -0.05) is 36.4 Å². The van der Waals surface area contributed by atoms with Crippen molar-refractivity contribution in [3.63, 3.8) is 0 Å². The van der Waals surface area contributed by atoms with Gasteiger partial charge in [0.05, 0.1) is 0 Å². The molecule has 4 rings (SSSR count). The number of rotatable bonds is 5. The normalized spacial score (nSPS) is 18.3. The van der Waals surface area contributed by atoms with Gasteiger partial charge in [-0.05, 0) is 43.6 Å². The van der Waals surface area contributed by atoms with Crippen molar-refractivity contribution in [1.29, 1.82) is 0 Å². The maximum Gasteiger partial charge on any atom is 0.341 e. The summed E-state index contributed by atoms with van der Waals surface area (Å²) in [7, 11) is 0. The number of nitrogens with zero attached hydrogens (tertiary/aromatic N) is 1. The minimum atomic E-state index is -0.952. The fourth-order valence-corrected chi connectivity index (χ4v) is 4.20. The number of ether oxygens (including phenoxy) is 1. The molecule has 26 heavy (non-hydrogen) atoms. The number of anilines is 1. The van der Waals surface area contributed by atoms with Crippen LogP contribution in [0.2, 0.25) is 0 Å². The number of nitrogens with one attached hydrogen (secondary N) is 1. The number of piperidine rings is 1. The molecule has 2 N–H and O–H groups in total. The van der Waals surface area contributed by atoms with Crippen molar-refractivity contribution in [3.05, 3.63) is 59.7 Å². The number of benzene rings is 2. The maximum atomic E-state index is 10.8. The van der Waals surface area contributed by atoms with Crippen LogP contribution in [-0.2, 0) is 16.8 Å². The smallest absolute Gasteiger partial charge is 0.341 e. The summed E-state index contributed by atoms with van der Waals surface area (Å²) in [5.41, 5.74) is 4.06. The molecule has 1 saturated heterocycles. The number of likely N-dealkylation sites (tertiary alicyclic amines) is 1. The lowest BCUT2D eigenvalue weighted by molar-refractivity contribution is -0.139. The number of carboxylic acid groups (broad SMARTS) is 1. The van der Waals surface area contributed by atoms with E-state index in [0.29, 0.717) is 5.75 Å². The third kappa shape index (κ3) is 3.27. The Kier molecular flexibility index (Phi) is 4.55. The van der Waals surface area contributed by atoms with Crippen molar-refractivity contribution in [2.75, 3.05) is 31.6 Å². The molecule has 0 bridgehead atoms. The number of carbonyl (C=O) groups is 1. The molecule has 0 saturated carbocycles. The first kappa shape index (κ1) is 16.9. The van der Waals surface area contributed by atoms with Crippen LogP contribution in [0.5, 0.6) is 5.75 Å². The largest absolute Gasteiger partial charge is 0.482 e. The molecule has 5 heteroatoms. The van der Waals surface area contributed by atoms with Crippen LogP contribution < -0.4 is 10.1 Å². The topological polar surface area (TPSA) is 61.8 Å². The minimum absolute atomic E-state index is 0.256. The van der Waals surface area contributed by atoms with Crippen LogP contribution in [0.1, 0.15) is 24.0 Å². The van der Waals surface area contributed by atoms with Gasteiger partial charge in [-0.25, -0.2) is 4.79 Å². The van der Waals surface area contributed by atoms with Gasteiger partial charge in [0.15, 0.2) is 6.61 Å². The van der Waals surface area contributed by atoms with E-state index in [1.165, 1.54) is 11.3 Å². The highest BCUT2D eigenvalue weighted by atomic mass is 16.5. The average molecular weight is 352 g/mol. The van der Waals surface area contributed by atoms with Crippen LogP contribution in [-0.4, -0.2) is 42.2 Å². The summed E-state index contributed by atoms with van der Waals surface area (Å²) in [6.07, 6.45) is 2.27. The van der Waals surface area contributed by atoms with E-state index in [2.05, 4.69) is 34.5 Å². The molecule has 0 amide bonds. The number of carboxylic acids is 1. The molecule has 2 aliphatic rings. The van der Waals surface area contributed by atoms with Crippen molar-refractivity contribution >= 4 is 11.7 Å². The molecule has 0 aliphatic carbocycles. The second kappa shape index (κ2) is 7.00. The lowest BCUT2D eigenvalue weighted by atomic mass is 9.74. The summed E-state index contributed by atoms with van der Waals surface area (Å²) < 4.78 is 5.44. The van der Waals surface area contributed by atoms with Crippen LogP contribution in [0.4, 0.5) is 5.69 Å². The van der Waals surface area contributed by atoms with E-state index >= 15 is 0 Å². The van der Waals surface area contributed by atoms with Crippen LogP contribution in [0, 0.1) is 0 Å². The standard InChI is InChI=1S/C21H24N2O3/c24-20(25)14-26-19-8-4-1-5-16(19)13-23-11-9-21(10-12-23)15-22-18-7-3-2-6-17(18)21/h1-8,22H,9-15H2,(H,24,25).